The van der Waals surface area contributed by atoms with Crippen LogP contribution < -0.4 is 10.6 Å². The van der Waals surface area contributed by atoms with Crippen LogP contribution in [0.1, 0.15) is 27.1 Å². The minimum absolute atomic E-state index is 0.143. The molecule has 2 rings (SSSR count). The van der Waals surface area contributed by atoms with Gasteiger partial charge >= 0.3 is 0 Å². The molecule has 2 aromatic heterocycles. The van der Waals surface area contributed by atoms with E-state index in [1.165, 1.54) is 6.20 Å². The smallest absolute Gasteiger partial charge is 0.252 e. The van der Waals surface area contributed by atoms with Crippen LogP contribution >= 0.6 is 0 Å². The number of amides is 2. The molecule has 0 radical (unpaired) electrons. The van der Waals surface area contributed by atoms with Gasteiger partial charge in [-0.25, -0.2) is 0 Å². The summed E-state index contributed by atoms with van der Waals surface area (Å²) >= 11 is 0. The summed E-state index contributed by atoms with van der Waals surface area (Å²) in [6.45, 7) is 0.985. The number of pyridine rings is 2. The van der Waals surface area contributed by atoms with Crippen molar-refractivity contribution >= 4 is 11.8 Å². The monoisotopic (exact) mass is 284 g/mol. The number of nitrogens with zero attached hydrogens (tertiary/aromatic N) is 2. The highest BCUT2D eigenvalue weighted by molar-refractivity contribution is 5.94. The van der Waals surface area contributed by atoms with Crippen molar-refractivity contribution in [3.8, 4) is 0 Å². The zero-order valence-corrected chi connectivity index (χ0v) is 11.5. The molecule has 0 spiro atoms. The van der Waals surface area contributed by atoms with Crippen LogP contribution in [0.5, 0.6) is 0 Å². The van der Waals surface area contributed by atoms with E-state index in [1.54, 1.807) is 42.9 Å². The van der Waals surface area contributed by atoms with Crippen LogP contribution in [-0.2, 0) is 0 Å². The lowest BCUT2D eigenvalue weighted by Crippen LogP contribution is -2.29. The predicted molar refractivity (Wildman–Crippen MR) is 77.8 cm³/mol. The first-order chi connectivity index (χ1) is 10.3. The summed E-state index contributed by atoms with van der Waals surface area (Å²) in [6, 6.07) is 6.72. The summed E-state index contributed by atoms with van der Waals surface area (Å²) in [4.78, 5) is 31.2. The Hall–Kier alpha value is -2.76. The largest absolute Gasteiger partial charge is 0.352 e. The predicted octanol–water partition coefficient (Wildman–Crippen LogP) is 1.03. The zero-order valence-electron chi connectivity index (χ0n) is 11.5. The van der Waals surface area contributed by atoms with Crippen molar-refractivity contribution < 1.29 is 9.59 Å². The summed E-state index contributed by atoms with van der Waals surface area (Å²) in [6.07, 6.45) is 6.93. The van der Waals surface area contributed by atoms with Gasteiger partial charge in [0.2, 0.25) is 0 Å². The normalized spacial score (nSPS) is 9.90. The van der Waals surface area contributed by atoms with Gasteiger partial charge in [0.1, 0.15) is 0 Å². The van der Waals surface area contributed by atoms with Crippen LogP contribution in [0.25, 0.3) is 0 Å². The fourth-order valence-corrected chi connectivity index (χ4v) is 1.70. The fraction of sp³-hybridized carbons (Fsp3) is 0.200. The van der Waals surface area contributed by atoms with Gasteiger partial charge in [-0.1, -0.05) is 0 Å². The minimum Gasteiger partial charge on any atom is -0.352 e. The molecule has 108 valence electrons. The molecular formula is C15H16N4O2. The molecule has 2 N–H and O–H groups in total. The van der Waals surface area contributed by atoms with Crippen molar-refractivity contribution in [1.29, 1.82) is 0 Å². The highest BCUT2D eigenvalue weighted by Crippen LogP contribution is 1.96. The van der Waals surface area contributed by atoms with Crippen molar-refractivity contribution in [2.45, 2.75) is 6.42 Å². The number of rotatable bonds is 6. The first kappa shape index (κ1) is 14.6. The van der Waals surface area contributed by atoms with E-state index in [2.05, 4.69) is 20.6 Å². The van der Waals surface area contributed by atoms with Crippen molar-refractivity contribution in [1.82, 2.24) is 20.6 Å². The van der Waals surface area contributed by atoms with E-state index in [1.807, 2.05) is 0 Å². The van der Waals surface area contributed by atoms with Gasteiger partial charge in [-0.3, -0.25) is 19.6 Å². The number of carbonyl (C=O) groups excluding carboxylic acids is 2. The lowest BCUT2D eigenvalue weighted by Gasteiger charge is -2.06. The van der Waals surface area contributed by atoms with E-state index >= 15 is 0 Å². The number of nitrogens with one attached hydrogen (secondary N) is 2. The first-order valence-corrected chi connectivity index (χ1v) is 6.64. The van der Waals surface area contributed by atoms with Gasteiger partial charge in [0, 0.05) is 43.4 Å². The second-order valence-electron chi connectivity index (χ2n) is 4.34. The Morgan fingerprint density at radius 3 is 2.14 bits per heavy atom. The Bertz CT molecular complexity index is 534. The fourth-order valence-electron chi connectivity index (χ4n) is 1.70. The van der Waals surface area contributed by atoms with Crippen molar-refractivity contribution in [2.24, 2.45) is 0 Å². The Morgan fingerprint density at radius 2 is 1.52 bits per heavy atom. The lowest BCUT2D eigenvalue weighted by atomic mass is 10.2. The van der Waals surface area contributed by atoms with Gasteiger partial charge in [-0.15, -0.1) is 0 Å². The molecule has 0 unspecified atom stereocenters. The Balaban J connectivity index is 1.64. The van der Waals surface area contributed by atoms with Gasteiger partial charge in [0.05, 0.1) is 5.56 Å². The molecule has 6 nitrogen and oxygen atoms in total. The first-order valence-electron chi connectivity index (χ1n) is 6.64. The molecule has 0 aliphatic heterocycles. The second-order valence-corrected chi connectivity index (χ2v) is 4.34. The molecule has 6 heteroatoms. The zero-order chi connectivity index (χ0) is 14.9. The molecular weight excluding hydrogens is 268 g/mol. The minimum atomic E-state index is -0.163. The highest BCUT2D eigenvalue weighted by atomic mass is 16.2. The summed E-state index contributed by atoms with van der Waals surface area (Å²) in [5.74, 6) is -0.306. The number of carbonyl (C=O) groups is 2. The molecule has 0 aliphatic carbocycles. The van der Waals surface area contributed by atoms with E-state index < -0.39 is 0 Å². The quantitative estimate of drug-likeness (QED) is 0.776. The third-order valence-corrected chi connectivity index (χ3v) is 2.79. The number of aromatic nitrogens is 2. The van der Waals surface area contributed by atoms with Gasteiger partial charge in [-0.2, -0.15) is 0 Å². The van der Waals surface area contributed by atoms with Gasteiger partial charge in [0.25, 0.3) is 11.8 Å². The summed E-state index contributed by atoms with van der Waals surface area (Å²) < 4.78 is 0. The maximum Gasteiger partial charge on any atom is 0.252 e. The van der Waals surface area contributed by atoms with Crippen LogP contribution in [0, 0.1) is 0 Å². The van der Waals surface area contributed by atoms with Gasteiger partial charge < -0.3 is 10.6 Å². The van der Waals surface area contributed by atoms with Gasteiger partial charge in [0.15, 0.2) is 0 Å². The lowest BCUT2D eigenvalue weighted by molar-refractivity contribution is 0.0951. The molecule has 0 atom stereocenters. The Kier molecular flexibility index (Phi) is 5.40. The van der Waals surface area contributed by atoms with Crippen molar-refractivity contribution in [2.75, 3.05) is 13.1 Å². The summed E-state index contributed by atoms with van der Waals surface area (Å²) in [7, 11) is 0. The Labute approximate surface area is 122 Å². The number of hydrogen-bond acceptors (Lipinski definition) is 4. The van der Waals surface area contributed by atoms with E-state index in [0.29, 0.717) is 30.6 Å². The van der Waals surface area contributed by atoms with Crippen LogP contribution in [0.2, 0.25) is 0 Å². The average Bonchev–Trinajstić information content (AvgIpc) is 2.55. The molecule has 2 amide bonds. The maximum absolute atomic E-state index is 11.7. The molecule has 0 aromatic carbocycles. The average molecular weight is 284 g/mol. The molecule has 0 bridgehead atoms. The molecule has 0 aliphatic rings. The van der Waals surface area contributed by atoms with Crippen LogP contribution in [0.4, 0.5) is 0 Å². The molecule has 0 saturated carbocycles. The summed E-state index contributed by atoms with van der Waals surface area (Å²) in [5.41, 5.74) is 1.10. The van der Waals surface area contributed by atoms with Crippen molar-refractivity contribution in [3.63, 3.8) is 0 Å². The number of hydrogen-bond donors (Lipinski definition) is 2. The standard InChI is InChI=1S/C15H16N4O2/c20-14(12-4-9-16-10-5-12)18-7-2-8-19-15(21)13-3-1-6-17-11-13/h1,3-6,9-11H,2,7-8H2,(H,18,20)(H,19,21). The highest BCUT2D eigenvalue weighted by Gasteiger charge is 2.05. The van der Waals surface area contributed by atoms with E-state index in [-0.39, 0.29) is 11.8 Å². The van der Waals surface area contributed by atoms with Crippen LogP contribution in [-0.4, -0.2) is 34.9 Å². The topological polar surface area (TPSA) is 84.0 Å². The third kappa shape index (κ3) is 4.68. The van der Waals surface area contributed by atoms with Crippen LogP contribution in [0.3, 0.4) is 0 Å². The molecule has 2 heterocycles. The maximum atomic E-state index is 11.7. The molecule has 21 heavy (non-hydrogen) atoms. The molecule has 0 saturated heterocycles. The third-order valence-electron chi connectivity index (χ3n) is 2.79. The molecule has 2 aromatic rings. The Morgan fingerprint density at radius 1 is 0.857 bits per heavy atom. The van der Waals surface area contributed by atoms with Gasteiger partial charge in [-0.05, 0) is 30.7 Å². The van der Waals surface area contributed by atoms with E-state index in [9.17, 15) is 9.59 Å². The van der Waals surface area contributed by atoms with E-state index in [4.69, 9.17) is 0 Å². The SMILES string of the molecule is O=C(NCCCNC(=O)c1cccnc1)c1ccncc1. The summed E-state index contributed by atoms with van der Waals surface area (Å²) in [5, 5.41) is 5.55. The second kappa shape index (κ2) is 7.74. The molecule has 0 fully saturated rings. The van der Waals surface area contributed by atoms with Crippen LogP contribution in [0.15, 0.2) is 49.1 Å². The van der Waals surface area contributed by atoms with E-state index in [0.717, 1.165) is 0 Å². The van der Waals surface area contributed by atoms with Crippen molar-refractivity contribution in [3.05, 3.63) is 60.2 Å².